The predicted octanol–water partition coefficient (Wildman–Crippen LogP) is 3.82. The molecule has 0 atom stereocenters. The number of rotatable bonds is 9. The second-order valence-electron chi connectivity index (χ2n) is 6.83. The summed E-state index contributed by atoms with van der Waals surface area (Å²) < 4.78 is 15.4. The van der Waals surface area contributed by atoms with Crippen LogP contribution in [0.1, 0.15) is 24.7 Å². The summed E-state index contributed by atoms with van der Waals surface area (Å²) in [5, 5.41) is 14.3. The first-order valence-electron chi connectivity index (χ1n) is 9.91. The lowest BCUT2D eigenvalue weighted by molar-refractivity contribution is -0.116. The van der Waals surface area contributed by atoms with Gasteiger partial charge in [0, 0.05) is 25.6 Å². The lowest BCUT2D eigenvalue weighted by Crippen LogP contribution is -2.16. The SMILES string of the molecule is CCc1ccccc1NC(=O)CSc1nnc(CCC(=O)Nc2ccccc2F)n1C. The fourth-order valence-corrected chi connectivity index (χ4v) is 3.69. The number of nitrogens with one attached hydrogen (secondary N) is 2. The first-order chi connectivity index (χ1) is 15.0. The largest absolute Gasteiger partial charge is 0.325 e. The van der Waals surface area contributed by atoms with Gasteiger partial charge in [-0.15, -0.1) is 10.2 Å². The molecule has 162 valence electrons. The quantitative estimate of drug-likeness (QED) is 0.493. The van der Waals surface area contributed by atoms with E-state index in [2.05, 4.69) is 20.8 Å². The van der Waals surface area contributed by atoms with Crippen LogP contribution in [-0.4, -0.2) is 32.3 Å². The van der Waals surface area contributed by atoms with Crippen LogP contribution >= 0.6 is 11.8 Å². The number of carbonyl (C=O) groups excluding carboxylic acids is 2. The van der Waals surface area contributed by atoms with Gasteiger partial charge >= 0.3 is 0 Å². The second kappa shape index (κ2) is 10.7. The van der Waals surface area contributed by atoms with Crippen molar-refractivity contribution in [2.24, 2.45) is 7.05 Å². The molecule has 2 amide bonds. The minimum atomic E-state index is -0.479. The Hall–Kier alpha value is -3.20. The Morgan fingerprint density at radius 2 is 1.68 bits per heavy atom. The summed E-state index contributed by atoms with van der Waals surface area (Å²) >= 11 is 1.27. The molecule has 3 rings (SSSR count). The molecule has 1 aromatic heterocycles. The summed E-state index contributed by atoms with van der Waals surface area (Å²) in [6.45, 7) is 2.04. The number of thioether (sulfide) groups is 1. The molecule has 0 radical (unpaired) electrons. The van der Waals surface area contributed by atoms with E-state index in [4.69, 9.17) is 0 Å². The maximum atomic E-state index is 13.6. The van der Waals surface area contributed by atoms with Crippen LogP contribution in [0.2, 0.25) is 0 Å². The van der Waals surface area contributed by atoms with Crippen molar-refractivity contribution in [2.45, 2.75) is 31.3 Å². The van der Waals surface area contributed by atoms with E-state index in [1.54, 1.807) is 23.7 Å². The molecule has 0 bridgehead atoms. The van der Waals surface area contributed by atoms with Crippen molar-refractivity contribution in [3.05, 3.63) is 65.7 Å². The van der Waals surface area contributed by atoms with Gasteiger partial charge in [0.15, 0.2) is 5.16 Å². The second-order valence-corrected chi connectivity index (χ2v) is 7.78. The number of hydrogen-bond acceptors (Lipinski definition) is 5. The van der Waals surface area contributed by atoms with E-state index in [0.717, 1.165) is 17.7 Å². The number of benzene rings is 2. The standard InChI is InChI=1S/C22H24FN5O2S/c1-3-15-8-4-6-10-17(15)24-21(30)14-31-22-27-26-19(28(22)2)12-13-20(29)25-18-11-7-5-9-16(18)23/h4-11H,3,12-14H2,1-2H3,(H,24,30)(H,25,29). The van der Waals surface area contributed by atoms with E-state index < -0.39 is 5.82 Å². The van der Waals surface area contributed by atoms with E-state index in [1.165, 1.54) is 23.9 Å². The van der Waals surface area contributed by atoms with Gasteiger partial charge in [-0.25, -0.2) is 4.39 Å². The Labute approximate surface area is 184 Å². The molecule has 0 fully saturated rings. The molecule has 2 aromatic carbocycles. The molecule has 0 aliphatic carbocycles. The summed E-state index contributed by atoms with van der Waals surface area (Å²) in [7, 11) is 1.79. The highest BCUT2D eigenvalue weighted by atomic mass is 32.2. The normalized spacial score (nSPS) is 10.7. The van der Waals surface area contributed by atoms with Gasteiger partial charge in [-0.1, -0.05) is 49.0 Å². The first kappa shape index (κ1) is 22.5. The Morgan fingerprint density at radius 3 is 2.42 bits per heavy atom. The van der Waals surface area contributed by atoms with E-state index in [0.29, 0.717) is 17.4 Å². The van der Waals surface area contributed by atoms with Gasteiger partial charge in [-0.3, -0.25) is 9.59 Å². The number of para-hydroxylation sites is 2. The van der Waals surface area contributed by atoms with E-state index in [-0.39, 0.29) is 29.7 Å². The highest BCUT2D eigenvalue weighted by Crippen LogP contribution is 2.19. The fraction of sp³-hybridized carbons (Fsp3) is 0.273. The van der Waals surface area contributed by atoms with Crippen molar-refractivity contribution >= 4 is 35.0 Å². The topological polar surface area (TPSA) is 88.9 Å². The highest BCUT2D eigenvalue weighted by Gasteiger charge is 2.14. The Balaban J connectivity index is 1.50. The fourth-order valence-electron chi connectivity index (χ4n) is 2.96. The lowest BCUT2D eigenvalue weighted by atomic mass is 10.1. The van der Waals surface area contributed by atoms with Crippen molar-refractivity contribution in [1.29, 1.82) is 0 Å². The lowest BCUT2D eigenvalue weighted by Gasteiger charge is -2.09. The number of aryl methyl sites for hydroxylation is 2. The molecule has 0 aliphatic heterocycles. The summed E-state index contributed by atoms with van der Waals surface area (Å²) in [5.74, 6) is -0.107. The number of hydrogen-bond donors (Lipinski definition) is 2. The molecule has 0 aliphatic rings. The van der Waals surface area contributed by atoms with Crippen LogP contribution in [-0.2, 0) is 29.5 Å². The van der Waals surface area contributed by atoms with Crippen molar-refractivity contribution in [1.82, 2.24) is 14.8 Å². The first-order valence-corrected chi connectivity index (χ1v) is 10.9. The minimum Gasteiger partial charge on any atom is -0.325 e. The van der Waals surface area contributed by atoms with Crippen LogP contribution in [0.3, 0.4) is 0 Å². The van der Waals surface area contributed by atoms with Gasteiger partial charge in [0.05, 0.1) is 11.4 Å². The Morgan fingerprint density at radius 1 is 1.00 bits per heavy atom. The van der Waals surface area contributed by atoms with Crippen LogP contribution < -0.4 is 10.6 Å². The number of carbonyl (C=O) groups is 2. The Kier molecular flexibility index (Phi) is 7.77. The molecule has 7 nitrogen and oxygen atoms in total. The summed E-state index contributed by atoms with van der Waals surface area (Å²) in [5.41, 5.74) is 2.04. The van der Waals surface area contributed by atoms with Crippen LogP contribution in [0.25, 0.3) is 0 Å². The summed E-state index contributed by atoms with van der Waals surface area (Å²) in [4.78, 5) is 24.4. The van der Waals surface area contributed by atoms with Crippen molar-refractivity contribution < 1.29 is 14.0 Å². The Bertz CT molecular complexity index is 1070. The van der Waals surface area contributed by atoms with Crippen LogP contribution in [0, 0.1) is 5.82 Å². The maximum Gasteiger partial charge on any atom is 0.234 e. The molecule has 1 heterocycles. The third-order valence-corrected chi connectivity index (χ3v) is 5.67. The van der Waals surface area contributed by atoms with E-state index >= 15 is 0 Å². The third-order valence-electron chi connectivity index (χ3n) is 4.65. The predicted molar refractivity (Wildman–Crippen MR) is 120 cm³/mol. The monoisotopic (exact) mass is 441 g/mol. The molecule has 0 saturated carbocycles. The summed E-state index contributed by atoms with van der Waals surface area (Å²) in [6, 6.07) is 13.7. The highest BCUT2D eigenvalue weighted by molar-refractivity contribution is 7.99. The number of halogens is 1. The molecule has 31 heavy (non-hydrogen) atoms. The van der Waals surface area contributed by atoms with Crippen LogP contribution in [0.4, 0.5) is 15.8 Å². The zero-order chi connectivity index (χ0) is 22.2. The molecular weight excluding hydrogens is 417 g/mol. The van der Waals surface area contributed by atoms with E-state index in [9.17, 15) is 14.0 Å². The summed E-state index contributed by atoms with van der Waals surface area (Å²) in [6.07, 6.45) is 1.32. The van der Waals surface area contributed by atoms with Gasteiger partial charge < -0.3 is 15.2 Å². The average molecular weight is 442 g/mol. The van der Waals surface area contributed by atoms with Crippen molar-refractivity contribution in [3.63, 3.8) is 0 Å². The van der Waals surface area contributed by atoms with Gasteiger partial charge in [-0.2, -0.15) is 0 Å². The number of aromatic nitrogens is 3. The number of amides is 2. The zero-order valence-corrected chi connectivity index (χ0v) is 18.2. The van der Waals surface area contributed by atoms with Gasteiger partial charge in [0.2, 0.25) is 11.8 Å². The zero-order valence-electron chi connectivity index (χ0n) is 17.4. The molecule has 0 unspecified atom stereocenters. The maximum absolute atomic E-state index is 13.6. The number of nitrogens with zero attached hydrogens (tertiary/aromatic N) is 3. The smallest absolute Gasteiger partial charge is 0.234 e. The van der Waals surface area contributed by atoms with Crippen molar-refractivity contribution in [3.8, 4) is 0 Å². The van der Waals surface area contributed by atoms with Gasteiger partial charge in [0.1, 0.15) is 11.6 Å². The van der Waals surface area contributed by atoms with Gasteiger partial charge in [-0.05, 0) is 30.2 Å². The molecule has 9 heteroatoms. The molecular formula is C22H24FN5O2S. The molecule has 2 N–H and O–H groups in total. The van der Waals surface area contributed by atoms with Crippen molar-refractivity contribution in [2.75, 3.05) is 16.4 Å². The molecule has 0 saturated heterocycles. The third kappa shape index (κ3) is 6.14. The van der Waals surface area contributed by atoms with E-state index in [1.807, 2.05) is 31.2 Å². The van der Waals surface area contributed by atoms with Crippen LogP contribution in [0.5, 0.6) is 0 Å². The number of anilines is 2. The minimum absolute atomic E-state index is 0.125. The van der Waals surface area contributed by atoms with Crippen LogP contribution in [0.15, 0.2) is 53.7 Å². The average Bonchev–Trinajstić information content (AvgIpc) is 3.12. The van der Waals surface area contributed by atoms with Gasteiger partial charge in [0.25, 0.3) is 0 Å². The molecule has 0 spiro atoms. The molecule has 3 aromatic rings.